The van der Waals surface area contributed by atoms with E-state index in [0.717, 1.165) is 25.6 Å². The van der Waals surface area contributed by atoms with Gasteiger partial charge in [-0.2, -0.15) is 0 Å². The maximum Gasteiger partial charge on any atom is 0.177 e. The number of anilines is 2. The second kappa shape index (κ2) is 6.63. The molecule has 5 heteroatoms. The molecular formula is C16H20N2O2S. The van der Waals surface area contributed by atoms with Crippen LogP contribution in [0.4, 0.5) is 11.4 Å². The van der Waals surface area contributed by atoms with Crippen LogP contribution in [-0.4, -0.2) is 21.2 Å². The van der Waals surface area contributed by atoms with Gasteiger partial charge in [0.2, 0.25) is 0 Å². The Kier molecular flexibility index (Phi) is 4.85. The van der Waals surface area contributed by atoms with E-state index >= 15 is 0 Å². The molecule has 112 valence electrons. The molecule has 0 radical (unpaired) electrons. The van der Waals surface area contributed by atoms with E-state index in [1.807, 2.05) is 18.2 Å². The summed E-state index contributed by atoms with van der Waals surface area (Å²) in [6.07, 6.45) is 3.09. The highest BCUT2D eigenvalue weighted by Gasteiger charge is 2.13. The predicted octanol–water partition coefficient (Wildman–Crippen LogP) is 2.72. The van der Waals surface area contributed by atoms with E-state index in [2.05, 4.69) is 17.4 Å². The van der Waals surface area contributed by atoms with E-state index in [1.54, 1.807) is 12.1 Å². The molecule has 2 aromatic carbocycles. The van der Waals surface area contributed by atoms with Gasteiger partial charge in [-0.25, -0.2) is 8.42 Å². The Morgan fingerprint density at radius 2 is 1.76 bits per heavy atom. The summed E-state index contributed by atoms with van der Waals surface area (Å²) < 4.78 is 23.2. The number of aryl methyl sites for hydroxylation is 1. The minimum absolute atomic E-state index is 0.176. The van der Waals surface area contributed by atoms with Crippen LogP contribution in [0.15, 0.2) is 53.4 Å². The van der Waals surface area contributed by atoms with Crippen LogP contribution in [0.5, 0.6) is 0 Å². The van der Waals surface area contributed by atoms with Crippen molar-refractivity contribution in [1.29, 1.82) is 0 Å². The number of nitrogens with two attached hydrogens (primary N) is 1. The average molecular weight is 304 g/mol. The molecule has 21 heavy (non-hydrogen) atoms. The van der Waals surface area contributed by atoms with E-state index in [0.29, 0.717) is 11.4 Å². The van der Waals surface area contributed by atoms with Crippen LogP contribution in [0.1, 0.15) is 12.0 Å². The first-order chi connectivity index (χ1) is 9.98. The fraction of sp³-hybridized carbons (Fsp3) is 0.250. The molecule has 0 amide bonds. The number of hydrogen-bond acceptors (Lipinski definition) is 4. The molecule has 0 fully saturated rings. The first-order valence-corrected chi connectivity index (χ1v) is 8.74. The zero-order valence-electron chi connectivity index (χ0n) is 12.0. The quantitative estimate of drug-likeness (QED) is 0.636. The zero-order valence-corrected chi connectivity index (χ0v) is 12.9. The van der Waals surface area contributed by atoms with Gasteiger partial charge >= 0.3 is 0 Å². The Morgan fingerprint density at radius 3 is 2.43 bits per heavy atom. The third-order valence-electron chi connectivity index (χ3n) is 3.27. The third kappa shape index (κ3) is 4.23. The largest absolute Gasteiger partial charge is 0.396 e. The molecule has 0 heterocycles. The van der Waals surface area contributed by atoms with Gasteiger partial charge in [0.25, 0.3) is 0 Å². The molecule has 0 aliphatic rings. The summed E-state index contributed by atoms with van der Waals surface area (Å²) in [4.78, 5) is 0.176. The maximum absolute atomic E-state index is 11.6. The van der Waals surface area contributed by atoms with Gasteiger partial charge in [0.15, 0.2) is 9.84 Å². The van der Waals surface area contributed by atoms with Gasteiger partial charge in [-0.15, -0.1) is 0 Å². The second-order valence-electron chi connectivity index (χ2n) is 5.01. The lowest BCUT2D eigenvalue weighted by Crippen LogP contribution is -2.09. The molecule has 0 aliphatic carbocycles. The Bertz CT molecular complexity index is 697. The number of nitrogen functional groups attached to an aromatic ring is 1. The van der Waals surface area contributed by atoms with Crippen molar-refractivity contribution < 1.29 is 8.42 Å². The third-order valence-corrected chi connectivity index (χ3v) is 4.42. The van der Waals surface area contributed by atoms with Crippen molar-refractivity contribution in [3.8, 4) is 0 Å². The average Bonchev–Trinajstić information content (AvgIpc) is 2.45. The predicted molar refractivity (Wildman–Crippen MR) is 87.2 cm³/mol. The minimum atomic E-state index is -3.29. The number of sulfone groups is 1. The Balaban J connectivity index is 1.95. The monoisotopic (exact) mass is 304 g/mol. The second-order valence-corrected chi connectivity index (χ2v) is 6.99. The molecule has 0 aromatic heterocycles. The molecule has 0 atom stereocenters. The minimum Gasteiger partial charge on any atom is -0.396 e. The van der Waals surface area contributed by atoms with Crippen LogP contribution in [0, 0.1) is 0 Å². The normalized spacial score (nSPS) is 11.3. The lowest BCUT2D eigenvalue weighted by molar-refractivity contribution is 0.602. The molecule has 2 rings (SSSR count). The number of nitrogens with one attached hydrogen (secondary N) is 1. The van der Waals surface area contributed by atoms with Crippen molar-refractivity contribution in [2.24, 2.45) is 0 Å². The van der Waals surface area contributed by atoms with Crippen LogP contribution in [0.2, 0.25) is 0 Å². The summed E-state index contributed by atoms with van der Waals surface area (Å²) in [6.45, 7) is 0.742. The highest BCUT2D eigenvalue weighted by atomic mass is 32.2. The molecule has 0 saturated carbocycles. The Morgan fingerprint density at radius 1 is 1.05 bits per heavy atom. The van der Waals surface area contributed by atoms with Crippen molar-refractivity contribution in [3.05, 3.63) is 54.1 Å². The number of benzene rings is 2. The standard InChI is InChI=1S/C16H20N2O2S/c1-21(19,20)15-11-5-10-14(16(15)17)18-12-6-9-13-7-3-2-4-8-13/h2-5,7-8,10-11,18H,6,9,12,17H2,1H3. The van der Waals surface area contributed by atoms with Crippen molar-refractivity contribution >= 4 is 21.2 Å². The van der Waals surface area contributed by atoms with Gasteiger partial charge in [0, 0.05) is 12.8 Å². The first-order valence-electron chi connectivity index (χ1n) is 6.85. The highest BCUT2D eigenvalue weighted by Crippen LogP contribution is 2.26. The van der Waals surface area contributed by atoms with Gasteiger partial charge in [-0.3, -0.25) is 0 Å². The van der Waals surface area contributed by atoms with E-state index in [-0.39, 0.29) is 4.90 Å². The summed E-state index contributed by atoms with van der Waals surface area (Å²) in [5.74, 6) is 0. The van der Waals surface area contributed by atoms with E-state index < -0.39 is 9.84 Å². The summed E-state index contributed by atoms with van der Waals surface area (Å²) in [5, 5.41) is 3.21. The van der Waals surface area contributed by atoms with Crippen LogP contribution in [0.3, 0.4) is 0 Å². The lowest BCUT2D eigenvalue weighted by Gasteiger charge is -2.12. The Hall–Kier alpha value is -2.01. The lowest BCUT2D eigenvalue weighted by atomic mass is 10.1. The van der Waals surface area contributed by atoms with E-state index in [9.17, 15) is 8.42 Å². The molecule has 0 aliphatic heterocycles. The fourth-order valence-corrected chi connectivity index (χ4v) is 3.02. The molecule has 0 unspecified atom stereocenters. The zero-order chi connectivity index (χ0) is 15.3. The molecule has 3 N–H and O–H groups in total. The van der Waals surface area contributed by atoms with Crippen molar-refractivity contribution in [2.75, 3.05) is 23.9 Å². The van der Waals surface area contributed by atoms with Gasteiger partial charge in [-0.05, 0) is 30.5 Å². The van der Waals surface area contributed by atoms with Crippen molar-refractivity contribution in [1.82, 2.24) is 0 Å². The van der Waals surface area contributed by atoms with Gasteiger partial charge in [0.05, 0.1) is 16.3 Å². The molecule has 0 spiro atoms. The highest BCUT2D eigenvalue weighted by molar-refractivity contribution is 7.90. The molecule has 0 bridgehead atoms. The van der Waals surface area contributed by atoms with Crippen molar-refractivity contribution in [3.63, 3.8) is 0 Å². The van der Waals surface area contributed by atoms with Crippen LogP contribution >= 0.6 is 0 Å². The first kappa shape index (κ1) is 15.4. The number of hydrogen-bond donors (Lipinski definition) is 2. The van der Waals surface area contributed by atoms with Gasteiger partial charge in [0.1, 0.15) is 0 Å². The van der Waals surface area contributed by atoms with Gasteiger partial charge < -0.3 is 11.1 Å². The smallest absolute Gasteiger partial charge is 0.177 e. The Labute approximate surface area is 125 Å². The fourth-order valence-electron chi connectivity index (χ4n) is 2.18. The van der Waals surface area contributed by atoms with E-state index in [1.165, 1.54) is 11.6 Å². The van der Waals surface area contributed by atoms with Crippen LogP contribution in [0.25, 0.3) is 0 Å². The SMILES string of the molecule is CS(=O)(=O)c1cccc(NCCCc2ccccc2)c1N. The number of rotatable bonds is 6. The topological polar surface area (TPSA) is 72.2 Å². The summed E-state index contributed by atoms with van der Waals surface area (Å²) >= 11 is 0. The molecule has 4 nitrogen and oxygen atoms in total. The van der Waals surface area contributed by atoms with Crippen molar-refractivity contribution in [2.45, 2.75) is 17.7 Å². The van der Waals surface area contributed by atoms with Crippen LogP contribution in [-0.2, 0) is 16.3 Å². The summed E-state index contributed by atoms with van der Waals surface area (Å²) in [5.41, 5.74) is 8.17. The molecular weight excluding hydrogens is 284 g/mol. The van der Waals surface area contributed by atoms with Gasteiger partial charge in [-0.1, -0.05) is 36.4 Å². The summed E-state index contributed by atoms with van der Waals surface area (Å²) in [7, 11) is -3.29. The summed E-state index contributed by atoms with van der Waals surface area (Å²) in [6, 6.07) is 15.3. The van der Waals surface area contributed by atoms with E-state index in [4.69, 9.17) is 5.73 Å². The number of para-hydroxylation sites is 1. The maximum atomic E-state index is 11.6. The van der Waals surface area contributed by atoms with Crippen LogP contribution < -0.4 is 11.1 Å². The molecule has 2 aromatic rings. The molecule has 0 saturated heterocycles.